The number of rotatable bonds is 7. The lowest BCUT2D eigenvalue weighted by atomic mass is 10.1. The van der Waals surface area contributed by atoms with E-state index in [0.29, 0.717) is 34.3 Å². The van der Waals surface area contributed by atoms with E-state index in [1.807, 2.05) is 13.0 Å². The molecule has 0 fully saturated rings. The van der Waals surface area contributed by atoms with Gasteiger partial charge in [0, 0.05) is 29.4 Å². The lowest BCUT2D eigenvalue weighted by molar-refractivity contribution is -0.118. The molecule has 28 heavy (non-hydrogen) atoms. The highest BCUT2D eigenvalue weighted by Crippen LogP contribution is 2.23. The van der Waals surface area contributed by atoms with Crippen molar-refractivity contribution in [2.45, 2.75) is 26.8 Å². The molecule has 6 nitrogen and oxygen atoms in total. The Morgan fingerprint density at radius 1 is 1.04 bits per heavy atom. The molecule has 0 saturated carbocycles. The molecule has 144 valence electrons. The zero-order valence-corrected chi connectivity index (χ0v) is 15.9. The van der Waals surface area contributed by atoms with Gasteiger partial charge in [0.25, 0.3) is 11.5 Å². The highest BCUT2D eigenvalue weighted by atomic mass is 16.5. The van der Waals surface area contributed by atoms with Crippen LogP contribution in [0, 0.1) is 0 Å². The number of carbonyl (C=O) groups is 2. The number of benzene rings is 2. The number of carbonyl (C=O) groups excluding carboxylic acids is 2. The summed E-state index contributed by atoms with van der Waals surface area (Å²) in [6.07, 6.45) is 2.62. The summed E-state index contributed by atoms with van der Waals surface area (Å²) in [6.45, 7) is 3.97. The van der Waals surface area contributed by atoms with Gasteiger partial charge < -0.3 is 14.6 Å². The Bertz CT molecular complexity index is 1070. The molecule has 2 aromatic carbocycles. The van der Waals surface area contributed by atoms with Crippen LogP contribution in [0.5, 0.6) is 5.75 Å². The molecule has 0 aliphatic carbocycles. The largest absolute Gasteiger partial charge is 0.483 e. The molecule has 1 heterocycles. The monoisotopic (exact) mass is 378 g/mol. The summed E-state index contributed by atoms with van der Waals surface area (Å²) in [5, 5.41) is 3.97. The molecule has 6 heteroatoms. The van der Waals surface area contributed by atoms with Crippen molar-refractivity contribution in [3.63, 3.8) is 0 Å². The maximum absolute atomic E-state index is 12.5. The molecule has 1 amide bonds. The summed E-state index contributed by atoms with van der Waals surface area (Å²) in [7, 11) is 0. The summed E-state index contributed by atoms with van der Waals surface area (Å²) < 4.78 is 7.33. The number of hydrogen-bond donors (Lipinski definition) is 1. The average molecular weight is 378 g/mol. The number of nitrogens with zero attached hydrogens (tertiary/aromatic N) is 1. The highest BCUT2D eigenvalue weighted by Gasteiger charge is 2.10. The van der Waals surface area contributed by atoms with E-state index >= 15 is 0 Å². The fourth-order valence-electron chi connectivity index (χ4n) is 2.96. The van der Waals surface area contributed by atoms with E-state index in [2.05, 4.69) is 5.32 Å². The molecular formula is C22H22N2O4. The van der Waals surface area contributed by atoms with Gasteiger partial charge >= 0.3 is 0 Å². The maximum Gasteiger partial charge on any atom is 0.262 e. The molecule has 1 aromatic heterocycles. The zero-order chi connectivity index (χ0) is 20.1. The first-order chi connectivity index (χ1) is 13.5. The van der Waals surface area contributed by atoms with Crippen molar-refractivity contribution in [2.75, 3.05) is 11.9 Å². The number of Topliss-reactive ketones (excluding diaryl/α,β-unsaturated/α-hetero) is 1. The van der Waals surface area contributed by atoms with Crippen LogP contribution < -0.4 is 15.6 Å². The minimum absolute atomic E-state index is 0.0323. The lowest BCUT2D eigenvalue weighted by Crippen LogP contribution is -2.21. The molecule has 0 spiro atoms. The van der Waals surface area contributed by atoms with Gasteiger partial charge in [0.05, 0.1) is 5.39 Å². The van der Waals surface area contributed by atoms with E-state index in [-0.39, 0.29) is 23.9 Å². The average Bonchev–Trinajstić information content (AvgIpc) is 2.69. The first kappa shape index (κ1) is 19.4. The predicted molar refractivity (Wildman–Crippen MR) is 109 cm³/mol. The van der Waals surface area contributed by atoms with Crippen LogP contribution in [0.25, 0.3) is 10.8 Å². The smallest absolute Gasteiger partial charge is 0.262 e. The standard InChI is InChI=1S/C22H22N2O4/c1-3-12-24-13-11-18-19(22(24)27)5-4-6-20(18)28-14-21(26)23-17-9-7-16(8-10-17)15(2)25/h4-11,13H,3,12,14H2,1-2H3,(H,23,26). The van der Waals surface area contributed by atoms with Gasteiger partial charge in [-0.15, -0.1) is 0 Å². The second-order valence-corrected chi connectivity index (χ2v) is 6.50. The molecular weight excluding hydrogens is 356 g/mol. The Balaban J connectivity index is 1.71. The van der Waals surface area contributed by atoms with Gasteiger partial charge in [-0.05, 0) is 55.8 Å². The second-order valence-electron chi connectivity index (χ2n) is 6.50. The van der Waals surface area contributed by atoms with Crippen LogP contribution in [0.3, 0.4) is 0 Å². The molecule has 0 unspecified atom stereocenters. The number of amides is 1. The van der Waals surface area contributed by atoms with E-state index in [1.54, 1.807) is 53.2 Å². The first-order valence-corrected chi connectivity index (χ1v) is 9.15. The number of anilines is 1. The summed E-state index contributed by atoms with van der Waals surface area (Å²) in [6, 6.07) is 13.7. The van der Waals surface area contributed by atoms with E-state index < -0.39 is 0 Å². The summed E-state index contributed by atoms with van der Waals surface area (Å²) in [5.41, 5.74) is 1.09. The van der Waals surface area contributed by atoms with Crippen LogP contribution in [0.2, 0.25) is 0 Å². The quantitative estimate of drug-likeness (QED) is 0.637. The minimum Gasteiger partial charge on any atom is -0.483 e. The molecule has 3 rings (SSSR count). The molecule has 0 saturated heterocycles. The Hall–Kier alpha value is -3.41. The van der Waals surface area contributed by atoms with Crippen molar-refractivity contribution in [1.82, 2.24) is 4.57 Å². The number of ketones is 1. The van der Waals surface area contributed by atoms with Gasteiger partial charge in [-0.1, -0.05) is 13.0 Å². The summed E-state index contributed by atoms with van der Waals surface area (Å²) in [5.74, 6) is 0.127. The molecule has 3 aromatic rings. The SMILES string of the molecule is CCCn1ccc2c(OCC(=O)Nc3ccc(C(C)=O)cc3)cccc2c1=O. The van der Waals surface area contributed by atoms with Crippen molar-refractivity contribution in [2.24, 2.45) is 0 Å². The fourth-order valence-corrected chi connectivity index (χ4v) is 2.96. The Morgan fingerprint density at radius 3 is 2.46 bits per heavy atom. The van der Waals surface area contributed by atoms with Crippen molar-refractivity contribution >= 4 is 28.2 Å². The van der Waals surface area contributed by atoms with Crippen molar-refractivity contribution in [1.29, 1.82) is 0 Å². The fraction of sp³-hybridized carbons (Fsp3) is 0.227. The van der Waals surface area contributed by atoms with Crippen LogP contribution >= 0.6 is 0 Å². The third-order valence-corrected chi connectivity index (χ3v) is 4.38. The number of aromatic nitrogens is 1. The van der Waals surface area contributed by atoms with E-state index in [4.69, 9.17) is 4.74 Å². The molecule has 0 bridgehead atoms. The van der Waals surface area contributed by atoms with Crippen molar-refractivity contribution in [3.8, 4) is 5.75 Å². The van der Waals surface area contributed by atoms with Crippen LogP contribution in [0.4, 0.5) is 5.69 Å². The van der Waals surface area contributed by atoms with Gasteiger partial charge in [0.15, 0.2) is 12.4 Å². The van der Waals surface area contributed by atoms with Crippen molar-refractivity contribution in [3.05, 3.63) is 70.6 Å². The van der Waals surface area contributed by atoms with Crippen LogP contribution in [0.15, 0.2) is 59.5 Å². The summed E-state index contributed by atoms with van der Waals surface area (Å²) in [4.78, 5) is 36.0. The van der Waals surface area contributed by atoms with Gasteiger partial charge in [-0.3, -0.25) is 14.4 Å². The molecule has 0 radical (unpaired) electrons. The van der Waals surface area contributed by atoms with E-state index in [0.717, 1.165) is 6.42 Å². The predicted octanol–water partition coefficient (Wildman–Crippen LogP) is 3.63. The van der Waals surface area contributed by atoms with Crippen LogP contribution in [-0.2, 0) is 11.3 Å². The van der Waals surface area contributed by atoms with Gasteiger partial charge in [-0.25, -0.2) is 0 Å². The summed E-state index contributed by atoms with van der Waals surface area (Å²) >= 11 is 0. The zero-order valence-electron chi connectivity index (χ0n) is 15.9. The third kappa shape index (κ3) is 4.28. The van der Waals surface area contributed by atoms with E-state index in [9.17, 15) is 14.4 Å². The highest BCUT2D eigenvalue weighted by molar-refractivity contribution is 5.96. The van der Waals surface area contributed by atoms with E-state index in [1.165, 1.54) is 6.92 Å². The Morgan fingerprint density at radius 2 is 1.79 bits per heavy atom. The van der Waals surface area contributed by atoms with Gasteiger partial charge in [0.2, 0.25) is 0 Å². The number of pyridine rings is 1. The number of aryl methyl sites for hydroxylation is 1. The molecule has 0 aliphatic rings. The maximum atomic E-state index is 12.5. The minimum atomic E-state index is -0.327. The molecule has 1 N–H and O–H groups in total. The number of hydrogen-bond acceptors (Lipinski definition) is 4. The number of fused-ring (bicyclic) bond motifs is 1. The van der Waals surface area contributed by atoms with Gasteiger partial charge in [-0.2, -0.15) is 0 Å². The number of ether oxygens (including phenoxy) is 1. The third-order valence-electron chi connectivity index (χ3n) is 4.38. The van der Waals surface area contributed by atoms with Crippen LogP contribution in [0.1, 0.15) is 30.6 Å². The first-order valence-electron chi connectivity index (χ1n) is 9.15. The Kier molecular flexibility index (Phi) is 5.89. The lowest BCUT2D eigenvalue weighted by Gasteiger charge is -2.11. The molecule has 0 atom stereocenters. The Labute approximate surface area is 162 Å². The topological polar surface area (TPSA) is 77.4 Å². The van der Waals surface area contributed by atoms with Crippen LogP contribution in [-0.4, -0.2) is 22.9 Å². The van der Waals surface area contributed by atoms with Crippen molar-refractivity contribution < 1.29 is 14.3 Å². The number of nitrogens with one attached hydrogen (secondary N) is 1. The van der Waals surface area contributed by atoms with Gasteiger partial charge in [0.1, 0.15) is 5.75 Å². The second kappa shape index (κ2) is 8.52. The molecule has 0 aliphatic heterocycles. The normalized spacial score (nSPS) is 10.6.